The molecular formula is C11H14F3N3O3. The number of carbonyl (C=O) groups is 1. The second-order valence-corrected chi connectivity index (χ2v) is 3.75. The molecule has 0 saturated carbocycles. The van der Waals surface area contributed by atoms with Crippen LogP contribution in [-0.4, -0.2) is 42.1 Å². The van der Waals surface area contributed by atoms with Crippen LogP contribution in [0.5, 0.6) is 5.88 Å². The molecule has 1 aromatic rings. The molecule has 112 valence electrons. The van der Waals surface area contributed by atoms with E-state index in [1.165, 1.54) is 18.3 Å². The number of pyridine rings is 1. The third-order valence-corrected chi connectivity index (χ3v) is 2.00. The van der Waals surface area contributed by atoms with Crippen LogP contribution in [0, 0.1) is 0 Å². The molecule has 1 aromatic heterocycles. The number of carbonyl (C=O) groups excluding carboxylic acids is 1. The average molecular weight is 293 g/mol. The molecule has 0 aromatic carbocycles. The summed E-state index contributed by atoms with van der Waals surface area (Å²) in [4.78, 5) is 14.9. The first-order valence-electron chi connectivity index (χ1n) is 5.72. The molecule has 1 rings (SSSR count). The van der Waals surface area contributed by atoms with Crippen molar-refractivity contribution >= 4 is 11.7 Å². The zero-order valence-corrected chi connectivity index (χ0v) is 10.4. The molecule has 3 N–H and O–H groups in total. The number of halogens is 3. The lowest BCUT2D eigenvalue weighted by Crippen LogP contribution is -2.29. The van der Waals surface area contributed by atoms with E-state index in [2.05, 4.69) is 20.4 Å². The van der Waals surface area contributed by atoms with Gasteiger partial charge >= 0.3 is 12.2 Å². The first-order chi connectivity index (χ1) is 9.40. The summed E-state index contributed by atoms with van der Waals surface area (Å²) in [6, 6.07) is 2.09. The van der Waals surface area contributed by atoms with Crippen molar-refractivity contribution in [2.24, 2.45) is 0 Å². The Bertz CT molecular complexity index is 423. The molecular weight excluding hydrogens is 279 g/mol. The molecule has 0 unspecified atom stereocenters. The van der Waals surface area contributed by atoms with Crippen molar-refractivity contribution < 1.29 is 27.8 Å². The van der Waals surface area contributed by atoms with Crippen molar-refractivity contribution in [1.29, 1.82) is 0 Å². The van der Waals surface area contributed by atoms with Gasteiger partial charge in [0, 0.05) is 19.2 Å². The van der Waals surface area contributed by atoms with Crippen molar-refractivity contribution in [3.8, 4) is 5.88 Å². The summed E-state index contributed by atoms with van der Waals surface area (Å²) in [5.74, 6) is -0.187. The maximum absolute atomic E-state index is 11.9. The minimum absolute atomic E-state index is 0.0346. The highest BCUT2D eigenvalue weighted by molar-refractivity contribution is 5.88. The fourth-order valence-corrected chi connectivity index (χ4v) is 1.15. The Labute approximate surface area is 113 Å². The van der Waals surface area contributed by atoms with Crippen LogP contribution in [0.1, 0.15) is 6.42 Å². The summed E-state index contributed by atoms with van der Waals surface area (Å²) in [5.41, 5.74) is 0.311. The Morgan fingerprint density at radius 3 is 2.70 bits per heavy atom. The van der Waals surface area contributed by atoms with Gasteiger partial charge < -0.3 is 20.5 Å². The molecule has 6 nitrogen and oxygen atoms in total. The second kappa shape index (κ2) is 7.53. The van der Waals surface area contributed by atoms with Gasteiger partial charge in [0.15, 0.2) is 6.61 Å². The number of anilines is 1. The highest BCUT2D eigenvalue weighted by Gasteiger charge is 2.28. The van der Waals surface area contributed by atoms with Gasteiger partial charge in [-0.05, 0) is 12.5 Å². The largest absolute Gasteiger partial charge is 0.468 e. The predicted octanol–water partition coefficient (Wildman–Crippen LogP) is 1.53. The van der Waals surface area contributed by atoms with Crippen LogP contribution < -0.4 is 15.4 Å². The Balaban J connectivity index is 2.40. The van der Waals surface area contributed by atoms with Gasteiger partial charge in [-0.1, -0.05) is 0 Å². The molecule has 0 fully saturated rings. The van der Waals surface area contributed by atoms with E-state index in [0.717, 1.165) is 0 Å². The van der Waals surface area contributed by atoms with E-state index in [4.69, 9.17) is 5.11 Å². The molecule has 0 radical (unpaired) electrons. The van der Waals surface area contributed by atoms with Crippen molar-refractivity contribution in [3.63, 3.8) is 0 Å². The standard InChI is InChI=1S/C11H14F3N3O3/c12-11(13,14)7-20-9-3-2-8(6-16-9)17-10(19)15-4-1-5-18/h2-3,6,18H,1,4-5,7H2,(H2,15,17,19). The molecule has 0 aliphatic rings. The predicted molar refractivity (Wildman–Crippen MR) is 64.5 cm³/mol. The highest BCUT2D eigenvalue weighted by atomic mass is 19.4. The Morgan fingerprint density at radius 1 is 1.40 bits per heavy atom. The quantitative estimate of drug-likeness (QED) is 0.694. The summed E-state index contributed by atoms with van der Waals surface area (Å²) in [7, 11) is 0. The van der Waals surface area contributed by atoms with E-state index >= 15 is 0 Å². The third-order valence-electron chi connectivity index (χ3n) is 2.00. The molecule has 0 aliphatic heterocycles. The Hall–Kier alpha value is -2.03. The number of urea groups is 1. The van der Waals surface area contributed by atoms with Crippen LogP contribution in [0.4, 0.5) is 23.7 Å². The number of ether oxygens (including phenoxy) is 1. The maximum Gasteiger partial charge on any atom is 0.422 e. The van der Waals surface area contributed by atoms with Crippen LogP contribution in [-0.2, 0) is 0 Å². The molecule has 9 heteroatoms. The van der Waals surface area contributed by atoms with Gasteiger partial charge in [0.05, 0.1) is 11.9 Å². The normalized spacial score (nSPS) is 11.0. The van der Waals surface area contributed by atoms with Gasteiger partial charge in [-0.15, -0.1) is 0 Å². The van der Waals surface area contributed by atoms with Gasteiger partial charge in [0.1, 0.15) is 0 Å². The number of aliphatic hydroxyl groups is 1. The second-order valence-electron chi connectivity index (χ2n) is 3.75. The van der Waals surface area contributed by atoms with E-state index in [0.29, 0.717) is 18.7 Å². The maximum atomic E-state index is 11.9. The van der Waals surface area contributed by atoms with Crippen LogP contribution in [0.2, 0.25) is 0 Å². The van der Waals surface area contributed by atoms with Gasteiger partial charge in [0.2, 0.25) is 5.88 Å². The molecule has 0 spiro atoms. The number of amides is 2. The molecule has 0 aliphatic carbocycles. The van der Waals surface area contributed by atoms with E-state index < -0.39 is 18.8 Å². The average Bonchev–Trinajstić information content (AvgIpc) is 2.37. The summed E-state index contributed by atoms with van der Waals surface area (Å²) < 4.78 is 40.1. The lowest BCUT2D eigenvalue weighted by atomic mass is 10.4. The summed E-state index contributed by atoms with van der Waals surface area (Å²) in [5, 5.41) is 13.4. The van der Waals surface area contributed by atoms with Crippen LogP contribution in [0.3, 0.4) is 0 Å². The van der Waals surface area contributed by atoms with Gasteiger partial charge in [0.25, 0.3) is 0 Å². The van der Waals surface area contributed by atoms with Crippen LogP contribution >= 0.6 is 0 Å². The lowest BCUT2D eigenvalue weighted by molar-refractivity contribution is -0.154. The number of nitrogens with zero attached hydrogens (tertiary/aromatic N) is 1. The zero-order valence-electron chi connectivity index (χ0n) is 10.4. The summed E-state index contributed by atoms with van der Waals surface area (Å²) in [6.45, 7) is -1.15. The fraction of sp³-hybridized carbons (Fsp3) is 0.455. The molecule has 1 heterocycles. The van der Waals surface area contributed by atoms with Crippen molar-refractivity contribution in [3.05, 3.63) is 18.3 Å². The number of aliphatic hydroxyl groups excluding tert-OH is 1. The van der Waals surface area contributed by atoms with Gasteiger partial charge in [-0.3, -0.25) is 0 Å². The van der Waals surface area contributed by atoms with E-state index in [1.54, 1.807) is 0 Å². The Morgan fingerprint density at radius 2 is 2.15 bits per heavy atom. The minimum Gasteiger partial charge on any atom is -0.468 e. The molecule has 0 bridgehead atoms. The number of nitrogens with one attached hydrogen (secondary N) is 2. The third kappa shape index (κ3) is 6.78. The fourth-order valence-electron chi connectivity index (χ4n) is 1.15. The Kier molecular flexibility index (Phi) is 6.04. The lowest BCUT2D eigenvalue weighted by Gasteiger charge is -2.09. The first-order valence-corrected chi connectivity index (χ1v) is 5.72. The number of hydrogen-bond donors (Lipinski definition) is 3. The van der Waals surface area contributed by atoms with Crippen molar-refractivity contribution in [2.75, 3.05) is 25.1 Å². The number of alkyl halides is 3. The van der Waals surface area contributed by atoms with E-state index in [9.17, 15) is 18.0 Å². The van der Waals surface area contributed by atoms with Crippen LogP contribution in [0.15, 0.2) is 18.3 Å². The first kappa shape index (κ1) is 16.0. The molecule has 2 amide bonds. The topological polar surface area (TPSA) is 83.5 Å². The van der Waals surface area contributed by atoms with Crippen molar-refractivity contribution in [1.82, 2.24) is 10.3 Å². The zero-order chi connectivity index (χ0) is 15.0. The smallest absolute Gasteiger partial charge is 0.422 e. The molecule has 0 atom stereocenters. The summed E-state index contributed by atoms with van der Waals surface area (Å²) in [6.07, 6.45) is -2.82. The number of rotatable bonds is 6. The minimum atomic E-state index is -4.43. The van der Waals surface area contributed by atoms with Gasteiger partial charge in [-0.25, -0.2) is 9.78 Å². The number of aromatic nitrogens is 1. The summed E-state index contributed by atoms with van der Waals surface area (Å²) >= 11 is 0. The SMILES string of the molecule is O=C(NCCCO)Nc1ccc(OCC(F)(F)F)nc1. The highest BCUT2D eigenvalue weighted by Crippen LogP contribution is 2.17. The van der Waals surface area contributed by atoms with Gasteiger partial charge in [-0.2, -0.15) is 13.2 Å². The van der Waals surface area contributed by atoms with E-state index in [1.807, 2.05) is 0 Å². The van der Waals surface area contributed by atoms with E-state index in [-0.39, 0.29) is 12.5 Å². The monoisotopic (exact) mass is 293 g/mol. The van der Waals surface area contributed by atoms with Crippen molar-refractivity contribution in [2.45, 2.75) is 12.6 Å². The molecule has 0 saturated heterocycles. The van der Waals surface area contributed by atoms with Crippen LogP contribution in [0.25, 0.3) is 0 Å². The number of hydrogen-bond acceptors (Lipinski definition) is 4. The molecule has 20 heavy (non-hydrogen) atoms.